The molecular weight excluding hydrogens is 371 g/mol. The van der Waals surface area contributed by atoms with E-state index >= 15 is 0 Å². The minimum Gasteiger partial charge on any atom is -0.313 e. The predicted octanol–water partition coefficient (Wildman–Crippen LogP) is 7.05. The maximum atomic E-state index is 14.9. The molecule has 158 valence electrons. The molecule has 0 amide bonds. The van der Waals surface area contributed by atoms with E-state index in [1.165, 1.54) is 37.7 Å². The lowest BCUT2D eigenvalue weighted by atomic mass is 9.85. The van der Waals surface area contributed by atoms with Gasteiger partial charge in [-0.25, -0.2) is 4.39 Å². The molecule has 3 heteroatoms. The molecule has 1 heterocycles. The van der Waals surface area contributed by atoms with Crippen molar-refractivity contribution in [2.24, 2.45) is 5.92 Å². The normalized spacial score (nSPS) is 15.0. The minimum atomic E-state index is -0.0750. The highest BCUT2D eigenvalue weighted by Gasteiger charge is 2.15. The van der Waals surface area contributed by atoms with Gasteiger partial charge in [-0.3, -0.25) is 4.98 Å². The van der Waals surface area contributed by atoms with E-state index in [9.17, 15) is 4.39 Å². The molecule has 0 spiro atoms. The molecule has 1 aromatic heterocycles. The fourth-order valence-corrected chi connectivity index (χ4v) is 4.78. The molecule has 0 bridgehead atoms. The van der Waals surface area contributed by atoms with Gasteiger partial charge < -0.3 is 5.32 Å². The second-order valence-corrected chi connectivity index (χ2v) is 8.70. The molecule has 0 saturated heterocycles. The van der Waals surface area contributed by atoms with Crippen LogP contribution in [-0.2, 0) is 13.0 Å². The topological polar surface area (TPSA) is 24.9 Å². The van der Waals surface area contributed by atoms with E-state index in [0.29, 0.717) is 0 Å². The van der Waals surface area contributed by atoms with E-state index in [4.69, 9.17) is 0 Å². The van der Waals surface area contributed by atoms with Crippen molar-refractivity contribution in [2.45, 2.75) is 64.8 Å². The Bertz CT molecular complexity index is 976. The zero-order valence-electron chi connectivity index (χ0n) is 18.1. The summed E-state index contributed by atoms with van der Waals surface area (Å²) in [4.78, 5) is 4.63. The van der Waals surface area contributed by atoms with Gasteiger partial charge in [-0.1, -0.05) is 69.4 Å². The van der Waals surface area contributed by atoms with Gasteiger partial charge in [0.2, 0.25) is 0 Å². The van der Waals surface area contributed by atoms with Crippen molar-refractivity contribution in [1.82, 2.24) is 10.3 Å². The van der Waals surface area contributed by atoms with Crippen LogP contribution in [0.1, 0.15) is 63.0 Å². The maximum absolute atomic E-state index is 14.9. The molecule has 1 aliphatic carbocycles. The average molecular weight is 405 g/mol. The Labute approximate surface area is 179 Å². The minimum absolute atomic E-state index is 0.0750. The Morgan fingerprint density at radius 3 is 2.67 bits per heavy atom. The summed E-state index contributed by atoms with van der Waals surface area (Å²) < 4.78 is 14.9. The van der Waals surface area contributed by atoms with Crippen molar-refractivity contribution in [3.63, 3.8) is 0 Å². The van der Waals surface area contributed by atoms with E-state index < -0.39 is 0 Å². The van der Waals surface area contributed by atoms with E-state index in [1.54, 1.807) is 6.07 Å². The highest BCUT2D eigenvalue weighted by atomic mass is 19.1. The number of nitrogens with one attached hydrogen (secondary N) is 1. The van der Waals surface area contributed by atoms with Crippen molar-refractivity contribution in [3.8, 4) is 11.1 Å². The summed E-state index contributed by atoms with van der Waals surface area (Å²) in [5.41, 5.74) is 5.02. The largest absolute Gasteiger partial charge is 0.313 e. The van der Waals surface area contributed by atoms with Gasteiger partial charge in [-0.05, 0) is 66.1 Å². The smallest absolute Gasteiger partial charge is 0.127 e. The third kappa shape index (κ3) is 4.89. The van der Waals surface area contributed by atoms with Gasteiger partial charge in [0.05, 0.1) is 5.52 Å². The standard InChI is InChI=1S/C27H33FN2/c1-2-16-29-19-23-14-15-24(25-9-6-17-30-27(23)25)22-13-12-21(26(28)18-22)11-10-20-7-4-3-5-8-20/h6,9,12-15,17-18,20,29H,2-5,7-8,10-11,16,19H2,1H3. The first-order valence-corrected chi connectivity index (χ1v) is 11.6. The van der Waals surface area contributed by atoms with Crippen LogP contribution in [0, 0.1) is 11.7 Å². The summed E-state index contributed by atoms with van der Waals surface area (Å²) >= 11 is 0. The molecule has 0 unspecified atom stereocenters. The molecule has 0 aliphatic heterocycles. The van der Waals surface area contributed by atoms with Gasteiger partial charge in [0, 0.05) is 18.1 Å². The van der Waals surface area contributed by atoms with Crippen LogP contribution >= 0.6 is 0 Å². The summed E-state index contributed by atoms with van der Waals surface area (Å²) in [6, 6.07) is 14.1. The molecule has 0 radical (unpaired) electrons. The predicted molar refractivity (Wildman–Crippen MR) is 124 cm³/mol. The highest BCUT2D eigenvalue weighted by Crippen LogP contribution is 2.32. The summed E-state index contributed by atoms with van der Waals surface area (Å²) in [7, 11) is 0. The van der Waals surface area contributed by atoms with Crippen LogP contribution in [0.4, 0.5) is 4.39 Å². The van der Waals surface area contributed by atoms with Crippen molar-refractivity contribution >= 4 is 10.9 Å². The second kappa shape index (κ2) is 10.2. The Balaban J connectivity index is 1.56. The quantitative estimate of drug-likeness (QED) is 0.407. The first-order chi connectivity index (χ1) is 14.8. The number of aryl methyl sites for hydroxylation is 1. The first kappa shape index (κ1) is 21.0. The zero-order chi connectivity index (χ0) is 20.8. The number of hydrogen-bond acceptors (Lipinski definition) is 2. The summed E-state index contributed by atoms with van der Waals surface area (Å²) in [5.74, 6) is 0.704. The molecule has 2 aromatic carbocycles. The van der Waals surface area contributed by atoms with Gasteiger partial charge in [-0.15, -0.1) is 0 Å². The maximum Gasteiger partial charge on any atom is 0.127 e. The summed E-state index contributed by atoms with van der Waals surface area (Å²) in [6.45, 7) is 3.96. The van der Waals surface area contributed by atoms with Gasteiger partial charge in [0.25, 0.3) is 0 Å². The van der Waals surface area contributed by atoms with Crippen LogP contribution in [0.25, 0.3) is 22.0 Å². The monoisotopic (exact) mass is 404 g/mol. The number of fused-ring (bicyclic) bond motifs is 1. The van der Waals surface area contributed by atoms with Gasteiger partial charge in [0.15, 0.2) is 0 Å². The molecule has 3 aromatic rings. The van der Waals surface area contributed by atoms with Crippen molar-refractivity contribution in [2.75, 3.05) is 6.54 Å². The molecule has 1 fully saturated rings. The van der Waals surface area contributed by atoms with Crippen LogP contribution in [0.5, 0.6) is 0 Å². The second-order valence-electron chi connectivity index (χ2n) is 8.70. The lowest BCUT2D eigenvalue weighted by Gasteiger charge is -2.21. The Kier molecular flexibility index (Phi) is 7.11. The van der Waals surface area contributed by atoms with Crippen molar-refractivity contribution in [3.05, 3.63) is 65.6 Å². The lowest BCUT2D eigenvalue weighted by Crippen LogP contribution is -2.14. The first-order valence-electron chi connectivity index (χ1n) is 11.6. The third-order valence-electron chi connectivity index (χ3n) is 6.51. The SMILES string of the molecule is CCCNCc1ccc(-c2ccc(CCC3CCCCC3)c(F)c2)c2cccnc12. The van der Waals surface area contributed by atoms with Crippen molar-refractivity contribution in [1.29, 1.82) is 0 Å². The number of benzene rings is 2. The van der Waals surface area contributed by atoms with E-state index in [0.717, 1.165) is 65.9 Å². The molecule has 30 heavy (non-hydrogen) atoms. The van der Waals surface area contributed by atoms with Gasteiger partial charge in [-0.2, -0.15) is 0 Å². The molecule has 2 nitrogen and oxygen atoms in total. The molecule has 1 aliphatic rings. The number of aromatic nitrogens is 1. The summed E-state index contributed by atoms with van der Waals surface area (Å²) in [5, 5.41) is 4.55. The number of hydrogen-bond donors (Lipinski definition) is 1. The third-order valence-corrected chi connectivity index (χ3v) is 6.51. The fourth-order valence-electron chi connectivity index (χ4n) is 4.78. The van der Waals surface area contributed by atoms with E-state index in [2.05, 4.69) is 41.5 Å². The lowest BCUT2D eigenvalue weighted by molar-refractivity contribution is 0.338. The van der Waals surface area contributed by atoms with E-state index in [-0.39, 0.29) is 5.82 Å². The molecule has 0 atom stereocenters. The number of halogens is 1. The highest BCUT2D eigenvalue weighted by molar-refractivity contribution is 5.96. The Morgan fingerprint density at radius 2 is 1.87 bits per heavy atom. The molecule has 4 rings (SSSR count). The average Bonchev–Trinajstić information content (AvgIpc) is 2.79. The number of rotatable bonds is 8. The van der Waals surface area contributed by atoms with Crippen LogP contribution in [0.3, 0.4) is 0 Å². The van der Waals surface area contributed by atoms with Gasteiger partial charge >= 0.3 is 0 Å². The number of pyridine rings is 1. The fraction of sp³-hybridized carbons (Fsp3) is 0.444. The molecule has 1 N–H and O–H groups in total. The van der Waals surface area contributed by atoms with Gasteiger partial charge in [0.1, 0.15) is 5.82 Å². The Hall–Kier alpha value is -2.26. The van der Waals surface area contributed by atoms with Crippen molar-refractivity contribution < 1.29 is 4.39 Å². The van der Waals surface area contributed by atoms with Crippen LogP contribution in [-0.4, -0.2) is 11.5 Å². The molecular formula is C27H33FN2. The van der Waals surface area contributed by atoms with Crippen LogP contribution in [0.2, 0.25) is 0 Å². The van der Waals surface area contributed by atoms with Crippen LogP contribution in [0.15, 0.2) is 48.7 Å². The zero-order valence-corrected chi connectivity index (χ0v) is 18.1. The number of nitrogens with zero attached hydrogens (tertiary/aromatic N) is 1. The summed E-state index contributed by atoms with van der Waals surface area (Å²) in [6.07, 6.45) is 11.6. The molecule has 1 saturated carbocycles. The van der Waals surface area contributed by atoms with Crippen LogP contribution < -0.4 is 5.32 Å². The van der Waals surface area contributed by atoms with E-state index in [1.807, 2.05) is 18.3 Å². The Morgan fingerprint density at radius 1 is 1.03 bits per heavy atom.